The predicted molar refractivity (Wildman–Crippen MR) is 164 cm³/mol. The summed E-state index contributed by atoms with van der Waals surface area (Å²) < 4.78 is 48.3. The number of benzene rings is 1. The summed E-state index contributed by atoms with van der Waals surface area (Å²) in [4.78, 5) is 21.9. The van der Waals surface area contributed by atoms with Gasteiger partial charge in [-0.25, -0.2) is 27.2 Å². The second-order valence-electron chi connectivity index (χ2n) is 11.0. The lowest BCUT2D eigenvalue weighted by Crippen LogP contribution is -2.21. The van der Waals surface area contributed by atoms with Crippen molar-refractivity contribution in [3.05, 3.63) is 78.1 Å². The summed E-state index contributed by atoms with van der Waals surface area (Å²) in [5, 5.41) is 5.86. The molecule has 0 aliphatic carbocycles. The molecule has 224 valence electrons. The molecular weight excluding hydrogens is 583 g/mol. The van der Waals surface area contributed by atoms with E-state index in [1.807, 2.05) is 29.9 Å². The highest BCUT2D eigenvalue weighted by atomic mass is 32.2. The summed E-state index contributed by atoms with van der Waals surface area (Å²) in [5.41, 5.74) is 6.81. The van der Waals surface area contributed by atoms with E-state index in [2.05, 4.69) is 19.7 Å². The van der Waals surface area contributed by atoms with E-state index in [9.17, 15) is 12.8 Å². The first-order valence-corrected chi connectivity index (χ1v) is 16.1. The van der Waals surface area contributed by atoms with E-state index in [0.29, 0.717) is 46.0 Å². The maximum atomic E-state index is 14.7. The third-order valence-electron chi connectivity index (χ3n) is 7.73. The van der Waals surface area contributed by atoms with E-state index in [1.54, 1.807) is 30.7 Å². The topological polar surface area (TPSA) is 141 Å². The van der Waals surface area contributed by atoms with Crippen molar-refractivity contribution in [1.82, 2.24) is 39.4 Å². The Hall–Kier alpha value is -4.59. The third kappa shape index (κ3) is 5.45. The number of ether oxygens (including phenoxy) is 1. The molecule has 1 saturated heterocycles. The van der Waals surface area contributed by atoms with Crippen LogP contribution in [0.5, 0.6) is 0 Å². The molecule has 1 fully saturated rings. The maximum absolute atomic E-state index is 14.7. The molecule has 1 unspecified atom stereocenters. The van der Waals surface area contributed by atoms with E-state index in [0.717, 1.165) is 53.2 Å². The lowest BCUT2D eigenvalue weighted by atomic mass is 10.1. The minimum Gasteiger partial charge on any atom is -0.356 e. The highest BCUT2D eigenvalue weighted by Gasteiger charge is 2.25. The van der Waals surface area contributed by atoms with Gasteiger partial charge in [0, 0.05) is 48.3 Å². The zero-order valence-corrected chi connectivity index (χ0v) is 24.9. The summed E-state index contributed by atoms with van der Waals surface area (Å²) in [5.74, 6) is 0.00884. The van der Waals surface area contributed by atoms with E-state index in [4.69, 9.17) is 19.8 Å². The molecule has 0 spiro atoms. The Kier molecular flexibility index (Phi) is 7.15. The van der Waals surface area contributed by atoms with Gasteiger partial charge in [-0.3, -0.25) is 15.0 Å². The number of aromatic nitrogens is 7. The number of halogens is 1. The minimum atomic E-state index is -3.45. The van der Waals surface area contributed by atoms with Crippen LogP contribution in [0.25, 0.3) is 56.0 Å². The largest absolute Gasteiger partial charge is 0.356 e. The van der Waals surface area contributed by atoms with E-state index in [1.165, 1.54) is 12.1 Å². The number of nitrogens with one attached hydrogen (secondary N) is 2. The van der Waals surface area contributed by atoms with Crippen molar-refractivity contribution in [1.29, 1.82) is 0 Å². The SMILES string of the molecule is Cc1ccncc1-c1cc2c(-c3nc4c(-c5cc(F)cc(CNS(C)(=O)=O)c5)nccc4[nH]3)nn(C3CCCCO3)c2cn1. The number of fused-ring (bicyclic) bond motifs is 2. The number of aryl methyl sites for hydroxylation is 1. The summed E-state index contributed by atoms with van der Waals surface area (Å²) >= 11 is 0. The van der Waals surface area contributed by atoms with Crippen LogP contribution >= 0.6 is 0 Å². The molecule has 0 saturated carbocycles. The smallest absolute Gasteiger partial charge is 0.209 e. The van der Waals surface area contributed by atoms with Crippen molar-refractivity contribution in [2.75, 3.05) is 12.9 Å². The second-order valence-corrected chi connectivity index (χ2v) is 12.8. The van der Waals surface area contributed by atoms with Crippen LogP contribution in [-0.4, -0.2) is 56.0 Å². The first-order chi connectivity index (χ1) is 21.2. The summed E-state index contributed by atoms with van der Waals surface area (Å²) in [6, 6.07) is 10.1. The van der Waals surface area contributed by atoms with Crippen LogP contribution in [0.4, 0.5) is 4.39 Å². The van der Waals surface area contributed by atoms with Crippen molar-refractivity contribution in [2.24, 2.45) is 0 Å². The van der Waals surface area contributed by atoms with Crippen molar-refractivity contribution in [2.45, 2.75) is 39.0 Å². The van der Waals surface area contributed by atoms with Crippen LogP contribution in [0.2, 0.25) is 0 Å². The van der Waals surface area contributed by atoms with Gasteiger partial charge in [-0.15, -0.1) is 0 Å². The normalized spacial score (nSPS) is 15.8. The Labute approximate surface area is 252 Å². The molecule has 44 heavy (non-hydrogen) atoms. The average molecular weight is 613 g/mol. The molecule has 11 nitrogen and oxygen atoms in total. The van der Waals surface area contributed by atoms with Crippen LogP contribution in [0.3, 0.4) is 0 Å². The lowest BCUT2D eigenvalue weighted by Gasteiger charge is -2.23. The van der Waals surface area contributed by atoms with E-state index < -0.39 is 15.8 Å². The molecule has 2 N–H and O–H groups in total. The number of H-pyrrole nitrogens is 1. The first kappa shape index (κ1) is 28.2. The molecule has 6 aromatic rings. The van der Waals surface area contributed by atoms with Gasteiger partial charge in [0.15, 0.2) is 12.1 Å². The maximum Gasteiger partial charge on any atom is 0.209 e. The summed E-state index contributed by atoms with van der Waals surface area (Å²) in [7, 11) is -3.45. The van der Waals surface area contributed by atoms with E-state index >= 15 is 0 Å². The predicted octanol–water partition coefficient (Wildman–Crippen LogP) is 5.29. The highest BCUT2D eigenvalue weighted by Crippen LogP contribution is 2.36. The van der Waals surface area contributed by atoms with Gasteiger partial charge in [-0.05, 0) is 73.7 Å². The van der Waals surface area contributed by atoms with Gasteiger partial charge in [0.2, 0.25) is 10.0 Å². The molecule has 1 aliphatic heterocycles. The molecule has 1 aliphatic rings. The number of sulfonamides is 1. The zero-order valence-electron chi connectivity index (χ0n) is 24.1. The summed E-state index contributed by atoms with van der Waals surface area (Å²) in [6.45, 7) is 2.63. The first-order valence-electron chi connectivity index (χ1n) is 14.2. The quantitative estimate of drug-likeness (QED) is 0.248. The van der Waals surface area contributed by atoms with Gasteiger partial charge in [-0.1, -0.05) is 0 Å². The third-order valence-corrected chi connectivity index (χ3v) is 8.40. The van der Waals surface area contributed by atoms with Crippen LogP contribution in [0.1, 0.15) is 36.6 Å². The second kappa shape index (κ2) is 11.2. The van der Waals surface area contributed by atoms with Crippen molar-refractivity contribution >= 4 is 32.0 Å². The van der Waals surface area contributed by atoms with Gasteiger partial charge in [-0.2, -0.15) is 5.10 Å². The van der Waals surface area contributed by atoms with Gasteiger partial charge >= 0.3 is 0 Å². The molecule has 0 radical (unpaired) electrons. The molecule has 7 rings (SSSR count). The fraction of sp³-hybridized carbons (Fsp3) is 0.258. The molecule has 0 amide bonds. The van der Waals surface area contributed by atoms with Crippen LogP contribution in [0, 0.1) is 12.7 Å². The fourth-order valence-electron chi connectivity index (χ4n) is 5.59. The zero-order chi connectivity index (χ0) is 30.4. The molecule has 13 heteroatoms. The van der Waals surface area contributed by atoms with Crippen molar-refractivity contribution in [3.63, 3.8) is 0 Å². The number of rotatable bonds is 7. The number of imidazole rings is 1. The van der Waals surface area contributed by atoms with Crippen LogP contribution in [0.15, 0.2) is 61.2 Å². The van der Waals surface area contributed by atoms with Gasteiger partial charge in [0.05, 0.1) is 34.9 Å². The minimum absolute atomic E-state index is 0.0508. The van der Waals surface area contributed by atoms with Gasteiger partial charge in [0.25, 0.3) is 0 Å². The Bertz CT molecular complexity index is 2140. The van der Waals surface area contributed by atoms with Gasteiger partial charge in [0.1, 0.15) is 17.0 Å². The monoisotopic (exact) mass is 612 g/mol. The Morgan fingerprint density at radius 2 is 1.98 bits per heavy atom. The molecule has 5 aromatic heterocycles. The molecular formula is C31H29FN8O3S. The molecule has 6 heterocycles. The van der Waals surface area contributed by atoms with Crippen molar-refractivity contribution in [3.8, 4) is 34.0 Å². The molecule has 0 bridgehead atoms. The number of hydrogen-bond acceptors (Lipinski definition) is 8. The van der Waals surface area contributed by atoms with Crippen LogP contribution in [-0.2, 0) is 21.3 Å². The fourth-order valence-corrected chi connectivity index (χ4v) is 6.02. The Morgan fingerprint density at radius 1 is 1.09 bits per heavy atom. The number of hydrogen-bond donors (Lipinski definition) is 2. The average Bonchev–Trinajstić information content (AvgIpc) is 3.61. The van der Waals surface area contributed by atoms with E-state index in [-0.39, 0.29) is 12.8 Å². The lowest BCUT2D eigenvalue weighted by molar-refractivity contribution is -0.0365. The molecule has 1 aromatic carbocycles. The number of aromatic amines is 1. The van der Waals surface area contributed by atoms with Crippen molar-refractivity contribution < 1.29 is 17.5 Å². The Morgan fingerprint density at radius 3 is 2.77 bits per heavy atom. The summed E-state index contributed by atoms with van der Waals surface area (Å²) in [6.07, 6.45) is 10.7. The highest BCUT2D eigenvalue weighted by molar-refractivity contribution is 7.88. The van der Waals surface area contributed by atoms with Crippen LogP contribution < -0.4 is 4.72 Å². The number of nitrogens with zero attached hydrogens (tertiary/aromatic N) is 6. The van der Waals surface area contributed by atoms with Gasteiger partial charge < -0.3 is 9.72 Å². The Balaban J connectivity index is 1.37. The number of pyridine rings is 3. The molecule has 1 atom stereocenters. The standard InChI is InChI=1S/C31H29FN8O3S/c1-18-6-8-33-16-23(18)25-14-22-26(17-35-25)40(27-5-3-4-10-43-27)39-29(22)31-37-24-7-9-34-28(30(24)38-31)20-11-19(12-21(32)13-20)15-36-44(2,41)42/h6-9,11-14,16-17,27,36H,3-5,10,15H2,1-2H3,(H,37,38).